The number of hydrogen-bond acceptors (Lipinski definition) is 3. The molecule has 1 aromatic carbocycles. The van der Waals surface area contributed by atoms with E-state index >= 15 is 0 Å². The van der Waals surface area contributed by atoms with Crippen LogP contribution in [0.3, 0.4) is 0 Å². The van der Waals surface area contributed by atoms with E-state index in [1.165, 1.54) is 6.07 Å². The fraction of sp³-hybridized carbons (Fsp3) is 0.385. The van der Waals surface area contributed by atoms with E-state index in [1.54, 1.807) is 0 Å². The number of halogens is 1. The minimum absolute atomic E-state index is 0.0866. The molecule has 1 aromatic rings. The molecule has 0 spiro atoms. The van der Waals surface area contributed by atoms with Gasteiger partial charge in [0.15, 0.2) is 0 Å². The quantitative estimate of drug-likeness (QED) is 0.778. The molecule has 0 bridgehead atoms. The van der Waals surface area contributed by atoms with Gasteiger partial charge in [0.1, 0.15) is 5.82 Å². The summed E-state index contributed by atoms with van der Waals surface area (Å²) in [4.78, 5) is 22.4. The Bertz CT molecular complexity index is 495. The Balaban J connectivity index is 2.70. The Morgan fingerprint density at radius 1 is 1.32 bits per heavy atom. The van der Waals surface area contributed by atoms with E-state index in [9.17, 15) is 14.0 Å². The summed E-state index contributed by atoms with van der Waals surface area (Å²) in [7, 11) is 0. The van der Waals surface area contributed by atoms with E-state index in [1.807, 2.05) is 20.8 Å². The number of amides is 1. The summed E-state index contributed by atoms with van der Waals surface area (Å²) < 4.78 is 13.2. The minimum atomic E-state index is -1.37. The zero-order chi connectivity index (χ0) is 14.6. The Morgan fingerprint density at radius 3 is 2.47 bits per heavy atom. The van der Waals surface area contributed by atoms with Gasteiger partial charge in [-0.2, -0.15) is 0 Å². The molecule has 0 aromatic heterocycles. The number of carboxylic acid groups (broad SMARTS) is 1. The van der Waals surface area contributed by atoms with Crippen LogP contribution in [-0.4, -0.2) is 29.1 Å². The van der Waals surface area contributed by atoms with Crippen LogP contribution in [0, 0.1) is 5.82 Å². The largest absolute Gasteiger partial charge is 0.478 e. The summed E-state index contributed by atoms with van der Waals surface area (Å²) in [6.45, 7) is 5.84. The molecule has 1 amide bonds. The molecular weight excluding hydrogens is 251 g/mol. The highest BCUT2D eigenvalue weighted by Gasteiger charge is 2.14. The van der Waals surface area contributed by atoms with Gasteiger partial charge in [0.25, 0.3) is 0 Å². The van der Waals surface area contributed by atoms with Gasteiger partial charge < -0.3 is 15.7 Å². The van der Waals surface area contributed by atoms with Crippen molar-refractivity contribution in [1.29, 1.82) is 0 Å². The molecule has 6 heteroatoms. The Morgan fingerprint density at radius 2 is 1.95 bits per heavy atom. The van der Waals surface area contributed by atoms with Crippen LogP contribution in [0.5, 0.6) is 0 Å². The molecule has 104 valence electrons. The lowest BCUT2D eigenvalue weighted by Gasteiger charge is -2.20. The van der Waals surface area contributed by atoms with Crippen molar-refractivity contribution in [3.05, 3.63) is 29.6 Å². The summed E-state index contributed by atoms with van der Waals surface area (Å²) in [5.74, 6) is -2.53. The van der Waals surface area contributed by atoms with E-state index in [0.717, 1.165) is 12.1 Å². The highest BCUT2D eigenvalue weighted by atomic mass is 19.1. The molecule has 0 unspecified atom stereocenters. The third kappa shape index (κ3) is 5.05. The summed E-state index contributed by atoms with van der Waals surface area (Å²) in [5, 5.41) is 14.3. The topological polar surface area (TPSA) is 78.4 Å². The molecule has 0 radical (unpaired) electrons. The maximum absolute atomic E-state index is 13.2. The van der Waals surface area contributed by atoms with Crippen molar-refractivity contribution >= 4 is 17.6 Å². The van der Waals surface area contributed by atoms with Crippen molar-refractivity contribution < 1.29 is 19.1 Å². The van der Waals surface area contributed by atoms with Crippen LogP contribution in [0.2, 0.25) is 0 Å². The lowest BCUT2D eigenvalue weighted by molar-refractivity contribution is -0.115. The predicted octanol–water partition coefficient (Wildman–Crippen LogP) is 1.85. The van der Waals surface area contributed by atoms with Gasteiger partial charge in [-0.1, -0.05) is 0 Å². The van der Waals surface area contributed by atoms with Gasteiger partial charge in [-0.15, -0.1) is 0 Å². The molecule has 0 saturated heterocycles. The zero-order valence-corrected chi connectivity index (χ0v) is 11.1. The first kappa shape index (κ1) is 15.1. The second-order valence-electron chi connectivity index (χ2n) is 5.15. The highest BCUT2D eigenvalue weighted by molar-refractivity contribution is 5.94. The maximum atomic E-state index is 13.2. The Labute approximate surface area is 110 Å². The highest BCUT2D eigenvalue weighted by Crippen LogP contribution is 2.14. The SMILES string of the molecule is CC(C)(C)NCC(=O)Nc1ccc(F)c(C(=O)O)c1. The standard InChI is InChI=1S/C13H17FN2O3/c1-13(2,3)15-7-11(17)16-8-4-5-10(14)9(6-8)12(18)19/h4-6,15H,7H2,1-3H3,(H,16,17)(H,18,19). The van der Waals surface area contributed by atoms with Crippen molar-refractivity contribution in [1.82, 2.24) is 5.32 Å². The van der Waals surface area contributed by atoms with Crippen molar-refractivity contribution in [3.8, 4) is 0 Å². The lowest BCUT2D eigenvalue weighted by atomic mass is 10.1. The molecule has 0 saturated carbocycles. The fourth-order valence-electron chi connectivity index (χ4n) is 1.32. The number of carboxylic acids is 1. The zero-order valence-electron chi connectivity index (χ0n) is 11.1. The molecular formula is C13H17FN2O3. The fourth-order valence-corrected chi connectivity index (χ4v) is 1.32. The second-order valence-corrected chi connectivity index (χ2v) is 5.15. The molecule has 0 atom stereocenters. The number of aromatic carboxylic acids is 1. The number of hydrogen-bond donors (Lipinski definition) is 3. The average Bonchev–Trinajstić information content (AvgIpc) is 2.28. The van der Waals surface area contributed by atoms with Gasteiger partial charge in [-0.3, -0.25) is 4.79 Å². The van der Waals surface area contributed by atoms with Crippen LogP contribution in [0.1, 0.15) is 31.1 Å². The number of carbonyl (C=O) groups is 2. The van der Waals surface area contributed by atoms with Gasteiger partial charge in [0, 0.05) is 11.2 Å². The first-order chi connectivity index (χ1) is 8.69. The molecule has 5 nitrogen and oxygen atoms in total. The maximum Gasteiger partial charge on any atom is 0.338 e. The van der Waals surface area contributed by atoms with Crippen LogP contribution in [-0.2, 0) is 4.79 Å². The van der Waals surface area contributed by atoms with Crippen molar-refractivity contribution in [2.75, 3.05) is 11.9 Å². The molecule has 0 aliphatic heterocycles. The van der Waals surface area contributed by atoms with Gasteiger partial charge in [-0.25, -0.2) is 9.18 Å². The molecule has 19 heavy (non-hydrogen) atoms. The van der Waals surface area contributed by atoms with E-state index in [4.69, 9.17) is 5.11 Å². The third-order valence-electron chi connectivity index (χ3n) is 2.26. The summed E-state index contributed by atoms with van der Waals surface area (Å²) in [5.41, 5.74) is -0.423. The molecule has 3 N–H and O–H groups in total. The van der Waals surface area contributed by atoms with E-state index in [-0.39, 0.29) is 23.7 Å². The number of rotatable bonds is 4. The van der Waals surface area contributed by atoms with Gasteiger partial charge >= 0.3 is 5.97 Å². The van der Waals surface area contributed by atoms with Crippen LogP contribution in [0.4, 0.5) is 10.1 Å². The predicted molar refractivity (Wildman–Crippen MR) is 69.7 cm³/mol. The first-order valence-corrected chi connectivity index (χ1v) is 5.77. The molecule has 0 fully saturated rings. The summed E-state index contributed by atoms with van der Waals surface area (Å²) in [6.07, 6.45) is 0. The molecule has 0 aliphatic rings. The van der Waals surface area contributed by atoms with Crippen molar-refractivity contribution in [2.24, 2.45) is 0 Å². The average molecular weight is 268 g/mol. The first-order valence-electron chi connectivity index (χ1n) is 5.77. The van der Waals surface area contributed by atoms with Gasteiger partial charge in [0.2, 0.25) is 5.91 Å². The van der Waals surface area contributed by atoms with Crippen molar-refractivity contribution in [2.45, 2.75) is 26.3 Å². The summed E-state index contributed by atoms with van der Waals surface area (Å²) in [6, 6.07) is 3.42. The van der Waals surface area contributed by atoms with Gasteiger partial charge in [0.05, 0.1) is 12.1 Å². The van der Waals surface area contributed by atoms with Crippen LogP contribution >= 0.6 is 0 Å². The van der Waals surface area contributed by atoms with Crippen LogP contribution in [0.25, 0.3) is 0 Å². The molecule has 1 rings (SSSR count). The third-order valence-corrected chi connectivity index (χ3v) is 2.26. The number of anilines is 1. The lowest BCUT2D eigenvalue weighted by Crippen LogP contribution is -2.41. The summed E-state index contributed by atoms with van der Waals surface area (Å²) >= 11 is 0. The van der Waals surface area contributed by atoms with Crippen LogP contribution in [0.15, 0.2) is 18.2 Å². The number of carbonyl (C=O) groups excluding carboxylic acids is 1. The van der Waals surface area contributed by atoms with Gasteiger partial charge in [-0.05, 0) is 39.0 Å². The molecule has 0 aliphatic carbocycles. The number of nitrogens with one attached hydrogen (secondary N) is 2. The minimum Gasteiger partial charge on any atom is -0.478 e. The van der Waals surface area contributed by atoms with Crippen LogP contribution < -0.4 is 10.6 Å². The number of benzene rings is 1. The monoisotopic (exact) mass is 268 g/mol. The van der Waals surface area contributed by atoms with E-state index in [0.29, 0.717) is 0 Å². The smallest absolute Gasteiger partial charge is 0.338 e. The second kappa shape index (κ2) is 5.79. The normalized spacial score (nSPS) is 11.2. The Hall–Kier alpha value is -1.95. The van der Waals surface area contributed by atoms with E-state index < -0.39 is 17.3 Å². The molecule has 0 heterocycles. The Kier molecular flexibility index (Phi) is 4.61. The van der Waals surface area contributed by atoms with Crippen molar-refractivity contribution in [3.63, 3.8) is 0 Å². The van der Waals surface area contributed by atoms with E-state index in [2.05, 4.69) is 10.6 Å².